The molecule has 0 unspecified atom stereocenters. The van der Waals surface area contributed by atoms with Gasteiger partial charge >= 0.3 is 0 Å². The lowest BCUT2D eigenvalue weighted by molar-refractivity contribution is 1.01. The first kappa shape index (κ1) is 41.7. The maximum Gasteiger partial charge on any atom is 0.235 e. The molecule has 8 rings (SSSR count). The smallest absolute Gasteiger partial charge is 0.235 e. The summed E-state index contributed by atoms with van der Waals surface area (Å²) in [5, 5.41) is 0. The summed E-state index contributed by atoms with van der Waals surface area (Å²) in [4.78, 5) is 23.7. The topological polar surface area (TPSA) is 58.0 Å². The first-order valence-electron chi connectivity index (χ1n) is 20.6. The molecule has 0 saturated heterocycles. The quantitative estimate of drug-likeness (QED) is 0.146. The molecule has 8 aromatic rings. The Kier molecular flexibility index (Phi) is 14.1. The Morgan fingerprint density at radius 2 is 0.525 bits per heavy atom. The fourth-order valence-corrected chi connectivity index (χ4v) is 6.85. The minimum absolute atomic E-state index is 0.641. The SMILES string of the molecule is CC.CCC.Cc1cc(C)nc(N(c2ccc(-c3ccccc3)cc2)c2ccc(-c3ccc(N(c4ccc(-c5ccccc5)cc4)c4nc(C)cc(C)n4)cc3)cc2)n1. The average Bonchev–Trinajstić information content (AvgIpc) is 3.26. The molecule has 2 aromatic heterocycles. The summed E-state index contributed by atoms with van der Waals surface area (Å²) in [6.45, 7) is 16.3. The van der Waals surface area contributed by atoms with E-state index >= 15 is 0 Å². The predicted octanol–water partition coefficient (Wildman–Crippen LogP) is 14.9. The highest BCUT2D eigenvalue weighted by Gasteiger charge is 2.19. The van der Waals surface area contributed by atoms with Crippen LogP contribution in [0.4, 0.5) is 34.6 Å². The molecule has 0 bridgehead atoms. The van der Waals surface area contributed by atoms with Gasteiger partial charge in [0, 0.05) is 45.5 Å². The summed E-state index contributed by atoms with van der Waals surface area (Å²) in [6.07, 6.45) is 1.25. The first-order valence-corrected chi connectivity index (χ1v) is 20.6. The number of rotatable bonds is 9. The Labute approximate surface area is 351 Å². The van der Waals surface area contributed by atoms with Crippen molar-refractivity contribution in [2.24, 2.45) is 0 Å². The molecule has 2 heterocycles. The van der Waals surface area contributed by atoms with E-state index in [0.29, 0.717) is 11.9 Å². The van der Waals surface area contributed by atoms with E-state index in [1.807, 2.05) is 65.8 Å². The van der Waals surface area contributed by atoms with Crippen LogP contribution < -0.4 is 9.80 Å². The van der Waals surface area contributed by atoms with Gasteiger partial charge in [0.2, 0.25) is 11.9 Å². The Bertz CT molecular complexity index is 2300. The maximum atomic E-state index is 4.86. The molecule has 0 spiro atoms. The summed E-state index contributed by atoms with van der Waals surface area (Å²) in [5.41, 5.74) is 14.5. The van der Waals surface area contributed by atoms with Crippen LogP contribution in [0.15, 0.2) is 170 Å². The van der Waals surface area contributed by atoms with Gasteiger partial charge in [-0.15, -0.1) is 0 Å². The molecular weight excluding hydrogens is 721 g/mol. The number of aryl methyl sites for hydroxylation is 4. The molecule has 0 radical (unpaired) electrons. The molecule has 0 amide bonds. The van der Waals surface area contributed by atoms with Crippen LogP contribution in [0, 0.1) is 27.7 Å². The van der Waals surface area contributed by atoms with Gasteiger partial charge in [0.1, 0.15) is 0 Å². The number of hydrogen-bond acceptors (Lipinski definition) is 6. The van der Waals surface area contributed by atoms with Crippen molar-refractivity contribution in [2.45, 2.75) is 61.8 Å². The Morgan fingerprint density at radius 1 is 0.322 bits per heavy atom. The Hall–Kier alpha value is -6.92. The van der Waals surface area contributed by atoms with Gasteiger partial charge in [-0.2, -0.15) is 0 Å². The van der Waals surface area contributed by atoms with E-state index in [9.17, 15) is 0 Å². The molecule has 0 N–H and O–H groups in total. The third kappa shape index (κ3) is 10.3. The molecule has 0 fully saturated rings. The lowest BCUT2D eigenvalue weighted by Crippen LogP contribution is -2.14. The predicted molar refractivity (Wildman–Crippen MR) is 250 cm³/mol. The van der Waals surface area contributed by atoms with Crippen molar-refractivity contribution < 1.29 is 0 Å². The van der Waals surface area contributed by atoms with Gasteiger partial charge in [-0.25, -0.2) is 19.9 Å². The van der Waals surface area contributed by atoms with Gasteiger partial charge in [0.25, 0.3) is 0 Å². The Morgan fingerprint density at radius 3 is 0.746 bits per heavy atom. The molecule has 0 aliphatic carbocycles. The van der Waals surface area contributed by atoms with Crippen molar-refractivity contribution in [1.29, 1.82) is 0 Å². The fourth-order valence-electron chi connectivity index (χ4n) is 6.85. The molecule has 59 heavy (non-hydrogen) atoms. The zero-order valence-electron chi connectivity index (χ0n) is 35.6. The average molecular weight is 775 g/mol. The van der Waals surface area contributed by atoms with E-state index in [-0.39, 0.29) is 0 Å². The van der Waals surface area contributed by atoms with Crippen molar-refractivity contribution in [1.82, 2.24) is 19.9 Å². The second kappa shape index (κ2) is 20.0. The molecule has 0 atom stereocenters. The van der Waals surface area contributed by atoms with Crippen LogP contribution in [0.3, 0.4) is 0 Å². The number of anilines is 6. The number of nitrogens with zero attached hydrogens (tertiary/aromatic N) is 6. The maximum absolute atomic E-state index is 4.86. The monoisotopic (exact) mass is 774 g/mol. The van der Waals surface area contributed by atoms with Gasteiger partial charge in [-0.3, -0.25) is 9.80 Å². The lowest BCUT2D eigenvalue weighted by Gasteiger charge is -2.25. The highest BCUT2D eigenvalue weighted by molar-refractivity contribution is 5.80. The zero-order valence-corrected chi connectivity index (χ0v) is 35.6. The summed E-state index contributed by atoms with van der Waals surface area (Å²) in [6, 6.07) is 59.2. The zero-order chi connectivity index (χ0) is 41.7. The largest absolute Gasteiger partial charge is 0.279 e. The van der Waals surface area contributed by atoms with Crippen molar-refractivity contribution in [3.05, 3.63) is 193 Å². The van der Waals surface area contributed by atoms with E-state index < -0.39 is 0 Å². The second-order valence-electron chi connectivity index (χ2n) is 14.2. The number of benzene rings is 6. The van der Waals surface area contributed by atoms with Crippen LogP contribution in [-0.2, 0) is 0 Å². The molecule has 0 aliphatic rings. The van der Waals surface area contributed by atoms with E-state index in [4.69, 9.17) is 19.9 Å². The van der Waals surface area contributed by atoms with Gasteiger partial charge in [-0.1, -0.05) is 143 Å². The van der Waals surface area contributed by atoms with E-state index in [1.54, 1.807) is 0 Å². The highest BCUT2D eigenvalue weighted by atomic mass is 15.3. The molecule has 0 saturated carbocycles. The van der Waals surface area contributed by atoms with Crippen molar-refractivity contribution in [3.63, 3.8) is 0 Å². The van der Waals surface area contributed by atoms with Gasteiger partial charge in [-0.05, 0) is 122 Å². The first-order chi connectivity index (χ1) is 28.8. The fraction of sp³-hybridized carbons (Fsp3) is 0.170. The highest BCUT2D eigenvalue weighted by Crippen LogP contribution is 2.38. The van der Waals surface area contributed by atoms with Crippen molar-refractivity contribution in [3.8, 4) is 33.4 Å². The minimum atomic E-state index is 0.641. The van der Waals surface area contributed by atoms with Crippen LogP contribution in [0.25, 0.3) is 33.4 Å². The van der Waals surface area contributed by atoms with Gasteiger partial charge < -0.3 is 0 Å². The number of aromatic nitrogens is 4. The summed E-state index contributed by atoms with van der Waals surface area (Å²) < 4.78 is 0. The van der Waals surface area contributed by atoms with Gasteiger partial charge in [0.15, 0.2) is 0 Å². The number of hydrogen-bond donors (Lipinski definition) is 0. The standard InChI is InChI=1S/C48H40N6.C3H8.C2H6/c1-33-31-34(2)50-47(49-33)53(43-23-15-39(16-24-43)37-11-7-5-8-12-37)45-27-19-41(20-28-45)42-21-29-46(30-22-42)54(48-51-35(3)32-36(4)52-48)44-25-17-40(18-26-44)38-13-9-6-10-14-38;1-3-2;1-2/h5-32H,1-4H3;3H2,1-2H3;1-2H3. The van der Waals surface area contributed by atoms with E-state index in [1.165, 1.54) is 17.5 Å². The summed E-state index contributed by atoms with van der Waals surface area (Å²) in [5.74, 6) is 1.28. The van der Waals surface area contributed by atoms with Crippen LogP contribution in [0.2, 0.25) is 0 Å². The molecule has 6 aromatic carbocycles. The lowest BCUT2D eigenvalue weighted by atomic mass is 10.0. The van der Waals surface area contributed by atoms with E-state index in [0.717, 1.165) is 67.8 Å². The third-order valence-electron chi connectivity index (χ3n) is 9.39. The molecule has 296 valence electrons. The van der Waals surface area contributed by atoms with Gasteiger partial charge in [0.05, 0.1) is 0 Å². The van der Waals surface area contributed by atoms with E-state index in [2.05, 4.69) is 169 Å². The van der Waals surface area contributed by atoms with Crippen LogP contribution in [0.5, 0.6) is 0 Å². The summed E-state index contributed by atoms with van der Waals surface area (Å²) >= 11 is 0. The normalized spacial score (nSPS) is 10.4. The van der Waals surface area contributed by atoms with Crippen LogP contribution in [-0.4, -0.2) is 19.9 Å². The van der Waals surface area contributed by atoms with Crippen molar-refractivity contribution >= 4 is 34.6 Å². The van der Waals surface area contributed by atoms with Crippen LogP contribution in [0.1, 0.15) is 56.9 Å². The second-order valence-corrected chi connectivity index (χ2v) is 14.2. The minimum Gasteiger partial charge on any atom is -0.279 e. The third-order valence-corrected chi connectivity index (χ3v) is 9.39. The Balaban J connectivity index is 0.00000112. The molecular formula is C53H54N6. The molecule has 0 aliphatic heterocycles. The molecule has 6 nitrogen and oxygen atoms in total. The van der Waals surface area contributed by atoms with Crippen molar-refractivity contribution in [2.75, 3.05) is 9.80 Å². The summed E-state index contributed by atoms with van der Waals surface area (Å²) in [7, 11) is 0. The van der Waals surface area contributed by atoms with Crippen LogP contribution >= 0.6 is 0 Å². The molecule has 6 heteroatoms.